The first-order valence-electron chi connectivity index (χ1n) is 7.70. The Morgan fingerprint density at radius 2 is 1.81 bits per heavy atom. The number of benzene rings is 1. The van der Waals surface area contributed by atoms with Gasteiger partial charge >= 0.3 is 0 Å². The van der Waals surface area contributed by atoms with E-state index in [-0.39, 0.29) is 0 Å². The number of sulfonamides is 1. The summed E-state index contributed by atoms with van der Waals surface area (Å²) in [5.41, 5.74) is 7.32. The fourth-order valence-electron chi connectivity index (χ4n) is 2.50. The van der Waals surface area contributed by atoms with Crippen LogP contribution in [0, 0.1) is 12.8 Å². The SMILES string of the molecule is CCC(CC)CN(CC)S(=O)(=O)c1ccc(CN)cc1C. The minimum Gasteiger partial charge on any atom is -0.326 e. The predicted octanol–water partition coefficient (Wildman–Crippen LogP) is 2.90. The van der Waals surface area contributed by atoms with Crippen LogP contribution in [-0.2, 0) is 16.6 Å². The third kappa shape index (κ3) is 4.28. The number of rotatable bonds is 8. The van der Waals surface area contributed by atoms with E-state index in [1.165, 1.54) is 0 Å². The Kier molecular flexibility index (Phi) is 6.84. The smallest absolute Gasteiger partial charge is 0.243 e. The van der Waals surface area contributed by atoms with E-state index in [1.807, 2.05) is 19.9 Å². The largest absolute Gasteiger partial charge is 0.326 e. The van der Waals surface area contributed by atoms with Gasteiger partial charge in [-0.05, 0) is 30.0 Å². The second kappa shape index (κ2) is 7.92. The van der Waals surface area contributed by atoms with Crippen molar-refractivity contribution in [3.8, 4) is 0 Å². The molecule has 21 heavy (non-hydrogen) atoms. The Labute approximate surface area is 129 Å². The van der Waals surface area contributed by atoms with Gasteiger partial charge in [0.05, 0.1) is 4.90 Å². The quantitative estimate of drug-likeness (QED) is 0.803. The minimum atomic E-state index is -3.43. The van der Waals surface area contributed by atoms with Crippen LogP contribution < -0.4 is 5.73 Å². The van der Waals surface area contributed by atoms with Crippen LogP contribution in [0.15, 0.2) is 23.1 Å². The van der Waals surface area contributed by atoms with Crippen molar-refractivity contribution in [3.63, 3.8) is 0 Å². The lowest BCUT2D eigenvalue weighted by atomic mass is 10.0. The molecule has 0 spiro atoms. The Balaban J connectivity index is 3.12. The van der Waals surface area contributed by atoms with Gasteiger partial charge < -0.3 is 5.73 Å². The highest BCUT2D eigenvalue weighted by molar-refractivity contribution is 7.89. The lowest BCUT2D eigenvalue weighted by Gasteiger charge is -2.25. The molecule has 0 saturated heterocycles. The first kappa shape index (κ1) is 18.1. The average molecular weight is 312 g/mol. The van der Waals surface area contributed by atoms with Crippen LogP contribution in [0.1, 0.15) is 44.7 Å². The number of aryl methyl sites for hydroxylation is 1. The second-order valence-electron chi connectivity index (χ2n) is 5.44. The van der Waals surface area contributed by atoms with Gasteiger partial charge in [-0.3, -0.25) is 0 Å². The van der Waals surface area contributed by atoms with Crippen LogP contribution >= 0.6 is 0 Å². The summed E-state index contributed by atoms with van der Waals surface area (Å²) in [5.74, 6) is 0.406. The van der Waals surface area contributed by atoms with E-state index in [4.69, 9.17) is 5.73 Å². The van der Waals surface area contributed by atoms with Crippen LogP contribution in [0.25, 0.3) is 0 Å². The van der Waals surface area contributed by atoms with Crippen LogP contribution in [0.5, 0.6) is 0 Å². The maximum atomic E-state index is 12.8. The monoisotopic (exact) mass is 312 g/mol. The van der Waals surface area contributed by atoms with Crippen molar-refractivity contribution < 1.29 is 8.42 Å². The molecule has 0 aromatic heterocycles. The molecule has 0 amide bonds. The highest BCUT2D eigenvalue weighted by atomic mass is 32.2. The third-order valence-corrected chi connectivity index (χ3v) is 6.16. The van der Waals surface area contributed by atoms with E-state index >= 15 is 0 Å². The molecule has 0 aliphatic rings. The van der Waals surface area contributed by atoms with Gasteiger partial charge in [-0.15, -0.1) is 0 Å². The standard InChI is InChI=1S/C16H28N2O2S/c1-5-14(6-2)12-18(7-3)21(19,20)16-9-8-15(11-17)10-13(16)4/h8-10,14H,5-7,11-12,17H2,1-4H3. The molecule has 5 heteroatoms. The molecule has 0 aliphatic heterocycles. The molecule has 4 nitrogen and oxygen atoms in total. The second-order valence-corrected chi connectivity index (χ2v) is 7.35. The van der Waals surface area contributed by atoms with Crippen molar-refractivity contribution in [2.24, 2.45) is 11.7 Å². The van der Waals surface area contributed by atoms with Gasteiger partial charge in [0, 0.05) is 19.6 Å². The summed E-state index contributed by atoms with van der Waals surface area (Å²) in [7, 11) is -3.43. The first-order chi connectivity index (χ1) is 9.90. The average Bonchev–Trinajstić information content (AvgIpc) is 2.47. The molecular weight excluding hydrogens is 284 g/mol. The summed E-state index contributed by atoms with van der Waals surface area (Å²) in [6.45, 7) is 9.44. The lowest BCUT2D eigenvalue weighted by molar-refractivity contribution is 0.339. The maximum absolute atomic E-state index is 12.8. The lowest BCUT2D eigenvalue weighted by Crippen LogP contribution is -2.35. The fraction of sp³-hybridized carbons (Fsp3) is 0.625. The molecule has 1 aromatic rings. The molecule has 120 valence electrons. The van der Waals surface area contributed by atoms with E-state index in [0.717, 1.165) is 24.0 Å². The summed E-state index contributed by atoms with van der Waals surface area (Å²) in [5, 5.41) is 0. The van der Waals surface area contributed by atoms with Crippen molar-refractivity contribution >= 4 is 10.0 Å². The normalized spacial score (nSPS) is 12.3. The predicted molar refractivity (Wildman–Crippen MR) is 87.6 cm³/mol. The van der Waals surface area contributed by atoms with E-state index < -0.39 is 10.0 Å². The van der Waals surface area contributed by atoms with E-state index in [0.29, 0.717) is 30.4 Å². The number of hydrogen-bond acceptors (Lipinski definition) is 3. The molecule has 0 saturated carbocycles. The Morgan fingerprint density at radius 3 is 2.24 bits per heavy atom. The molecule has 0 aliphatic carbocycles. The summed E-state index contributed by atoms with van der Waals surface area (Å²) in [4.78, 5) is 0.396. The third-order valence-electron chi connectivity index (χ3n) is 4.06. The van der Waals surface area contributed by atoms with E-state index in [1.54, 1.807) is 16.4 Å². The fourth-order valence-corrected chi connectivity index (χ4v) is 4.23. The summed E-state index contributed by atoms with van der Waals surface area (Å²) in [6.07, 6.45) is 1.99. The first-order valence-corrected chi connectivity index (χ1v) is 9.14. The van der Waals surface area contributed by atoms with Gasteiger partial charge in [0.1, 0.15) is 0 Å². The van der Waals surface area contributed by atoms with Crippen LogP contribution in [-0.4, -0.2) is 25.8 Å². The van der Waals surface area contributed by atoms with Crippen molar-refractivity contribution in [1.82, 2.24) is 4.31 Å². The molecule has 0 heterocycles. The molecule has 1 rings (SSSR count). The van der Waals surface area contributed by atoms with Crippen molar-refractivity contribution in [1.29, 1.82) is 0 Å². The van der Waals surface area contributed by atoms with Crippen molar-refractivity contribution in [3.05, 3.63) is 29.3 Å². The molecule has 1 aromatic carbocycles. The van der Waals surface area contributed by atoms with Crippen LogP contribution in [0.3, 0.4) is 0 Å². The molecule has 0 radical (unpaired) electrons. The molecule has 0 fully saturated rings. The van der Waals surface area contributed by atoms with Gasteiger partial charge in [-0.1, -0.05) is 45.7 Å². The van der Waals surface area contributed by atoms with Gasteiger partial charge in [0.25, 0.3) is 0 Å². The van der Waals surface area contributed by atoms with Crippen LogP contribution in [0.4, 0.5) is 0 Å². The number of nitrogens with two attached hydrogens (primary N) is 1. The summed E-state index contributed by atoms with van der Waals surface area (Å²) in [6, 6.07) is 5.34. The van der Waals surface area contributed by atoms with Crippen molar-refractivity contribution in [2.75, 3.05) is 13.1 Å². The minimum absolute atomic E-state index is 0.396. The highest BCUT2D eigenvalue weighted by Gasteiger charge is 2.26. The van der Waals surface area contributed by atoms with E-state index in [2.05, 4.69) is 13.8 Å². The number of nitrogens with zero attached hydrogens (tertiary/aromatic N) is 1. The molecule has 0 unspecified atom stereocenters. The van der Waals surface area contributed by atoms with E-state index in [9.17, 15) is 8.42 Å². The highest BCUT2D eigenvalue weighted by Crippen LogP contribution is 2.23. The summed E-state index contributed by atoms with van der Waals surface area (Å²) < 4.78 is 27.3. The van der Waals surface area contributed by atoms with Crippen LogP contribution in [0.2, 0.25) is 0 Å². The zero-order chi connectivity index (χ0) is 16.0. The van der Waals surface area contributed by atoms with Crippen molar-refractivity contribution in [2.45, 2.75) is 52.0 Å². The molecule has 0 bridgehead atoms. The maximum Gasteiger partial charge on any atom is 0.243 e. The summed E-state index contributed by atoms with van der Waals surface area (Å²) >= 11 is 0. The molecular formula is C16H28N2O2S. The van der Waals surface area contributed by atoms with Gasteiger partial charge in [-0.2, -0.15) is 4.31 Å². The van der Waals surface area contributed by atoms with Gasteiger partial charge in [0.15, 0.2) is 0 Å². The topological polar surface area (TPSA) is 63.4 Å². The van der Waals surface area contributed by atoms with Gasteiger partial charge in [0.2, 0.25) is 10.0 Å². The Bertz CT molecular complexity index is 551. The molecule has 2 N–H and O–H groups in total. The number of hydrogen-bond donors (Lipinski definition) is 1. The Hall–Kier alpha value is -0.910. The van der Waals surface area contributed by atoms with Gasteiger partial charge in [-0.25, -0.2) is 8.42 Å². The zero-order valence-electron chi connectivity index (χ0n) is 13.6. The Morgan fingerprint density at radius 1 is 1.19 bits per heavy atom. The molecule has 0 atom stereocenters. The zero-order valence-corrected chi connectivity index (χ0v) is 14.4.